The van der Waals surface area contributed by atoms with Crippen LogP contribution >= 0.6 is 0 Å². The minimum absolute atomic E-state index is 0.0524. The molecule has 0 unspecified atom stereocenters. The number of para-hydroxylation sites is 1. The predicted molar refractivity (Wildman–Crippen MR) is 88.1 cm³/mol. The molecule has 1 amide bonds. The van der Waals surface area contributed by atoms with Crippen LogP contribution in [-0.2, 0) is 6.61 Å². The Balaban J connectivity index is 1.95. The van der Waals surface area contributed by atoms with E-state index in [2.05, 4.69) is 10.6 Å². The van der Waals surface area contributed by atoms with E-state index in [0.29, 0.717) is 18.7 Å². The lowest BCUT2D eigenvalue weighted by atomic mass is 10.1. The lowest BCUT2D eigenvalue weighted by Gasteiger charge is -2.11. The summed E-state index contributed by atoms with van der Waals surface area (Å²) in [6.07, 6.45) is 0.908. The molecule has 0 aliphatic carbocycles. The fraction of sp³-hybridized carbons (Fsp3) is 0.278. The van der Waals surface area contributed by atoms with Crippen molar-refractivity contribution in [3.63, 3.8) is 0 Å². The average molecular weight is 298 g/mol. The van der Waals surface area contributed by atoms with Crippen molar-refractivity contribution in [2.24, 2.45) is 0 Å². The number of amides is 1. The number of rotatable bonds is 8. The number of hydrogen-bond acceptors (Lipinski definition) is 3. The Morgan fingerprint density at radius 2 is 1.73 bits per heavy atom. The van der Waals surface area contributed by atoms with Gasteiger partial charge in [0.2, 0.25) is 0 Å². The topological polar surface area (TPSA) is 50.4 Å². The molecule has 0 bridgehead atoms. The van der Waals surface area contributed by atoms with Gasteiger partial charge in [-0.1, -0.05) is 36.4 Å². The van der Waals surface area contributed by atoms with Gasteiger partial charge in [-0.25, -0.2) is 0 Å². The SMILES string of the molecule is CNCCCNC(=O)c1ccccc1COc1ccccc1. The van der Waals surface area contributed by atoms with Crippen molar-refractivity contribution in [1.82, 2.24) is 10.6 Å². The summed E-state index contributed by atoms with van der Waals surface area (Å²) in [6.45, 7) is 1.93. The van der Waals surface area contributed by atoms with Crippen LogP contribution in [0.15, 0.2) is 54.6 Å². The summed E-state index contributed by atoms with van der Waals surface area (Å²) in [5, 5.41) is 6.00. The third-order valence-corrected chi connectivity index (χ3v) is 3.29. The van der Waals surface area contributed by atoms with Gasteiger partial charge in [-0.3, -0.25) is 4.79 Å². The molecular weight excluding hydrogens is 276 g/mol. The zero-order valence-electron chi connectivity index (χ0n) is 12.8. The first-order valence-corrected chi connectivity index (χ1v) is 7.50. The highest BCUT2D eigenvalue weighted by atomic mass is 16.5. The molecule has 0 atom stereocenters. The van der Waals surface area contributed by atoms with Gasteiger partial charge in [-0.15, -0.1) is 0 Å². The van der Waals surface area contributed by atoms with Gasteiger partial charge in [0, 0.05) is 17.7 Å². The second-order valence-electron chi connectivity index (χ2n) is 4.97. The minimum atomic E-state index is -0.0524. The van der Waals surface area contributed by atoms with E-state index in [1.807, 2.05) is 61.6 Å². The zero-order chi connectivity index (χ0) is 15.6. The van der Waals surface area contributed by atoms with E-state index in [1.54, 1.807) is 0 Å². The maximum atomic E-state index is 12.3. The molecule has 0 radical (unpaired) electrons. The molecule has 22 heavy (non-hydrogen) atoms. The smallest absolute Gasteiger partial charge is 0.251 e. The molecule has 0 aromatic heterocycles. The Bertz CT molecular complexity index is 585. The molecule has 0 aliphatic heterocycles. The lowest BCUT2D eigenvalue weighted by molar-refractivity contribution is 0.0950. The first kappa shape index (κ1) is 16.0. The van der Waals surface area contributed by atoms with E-state index in [4.69, 9.17) is 4.74 Å². The summed E-state index contributed by atoms with van der Waals surface area (Å²) >= 11 is 0. The van der Waals surface area contributed by atoms with Gasteiger partial charge >= 0.3 is 0 Å². The summed E-state index contributed by atoms with van der Waals surface area (Å²) in [7, 11) is 1.90. The summed E-state index contributed by atoms with van der Waals surface area (Å²) in [5.41, 5.74) is 1.56. The summed E-state index contributed by atoms with van der Waals surface area (Å²) < 4.78 is 5.74. The van der Waals surface area contributed by atoms with Crippen molar-refractivity contribution in [2.45, 2.75) is 13.0 Å². The number of benzene rings is 2. The second-order valence-corrected chi connectivity index (χ2v) is 4.97. The van der Waals surface area contributed by atoms with Crippen LogP contribution in [0.5, 0.6) is 5.75 Å². The summed E-state index contributed by atoms with van der Waals surface area (Å²) in [6, 6.07) is 17.1. The van der Waals surface area contributed by atoms with Crippen molar-refractivity contribution >= 4 is 5.91 Å². The standard InChI is InChI=1S/C18H22N2O2/c1-19-12-7-13-20-18(21)17-11-6-5-8-15(17)14-22-16-9-3-2-4-10-16/h2-6,8-11,19H,7,12-14H2,1H3,(H,20,21). The number of hydrogen-bond donors (Lipinski definition) is 2. The summed E-state index contributed by atoms with van der Waals surface area (Å²) in [5.74, 6) is 0.745. The lowest BCUT2D eigenvalue weighted by Crippen LogP contribution is -2.27. The Labute approximate surface area is 131 Å². The normalized spacial score (nSPS) is 10.2. The van der Waals surface area contributed by atoms with Crippen LogP contribution in [0.25, 0.3) is 0 Å². The van der Waals surface area contributed by atoms with E-state index in [9.17, 15) is 4.79 Å². The van der Waals surface area contributed by atoms with E-state index in [1.165, 1.54) is 0 Å². The van der Waals surface area contributed by atoms with E-state index < -0.39 is 0 Å². The predicted octanol–water partition coefficient (Wildman–Crippen LogP) is 2.60. The maximum Gasteiger partial charge on any atom is 0.251 e. The summed E-state index contributed by atoms with van der Waals surface area (Å²) in [4.78, 5) is 12.3. The Morgan fingerprint density at radius 1 is 1.00 bits per heavy atom. The van der Waals surface area contributed by atoms with Gasteiger partial charge in [0.15, 0.2) is 0 Å². The number of carbonyl (C=O) groups excluding carboxylic acids is 1. The first-order chi connectivity index (χ1) is 10.8. The van der Waals surface area contributed by atoms with Crippen LogP contribution in [0.1, 0.15) is 22.3 Å². The second kappa shape index (κ2) is 8.85. The fourth-order valence-corrected chi connectivity index (χ4v) is 2.11. The molecule has 0 saturated carbocycles. The Kier molecular flexibility index (Phi) is 6.45. The molecule has 2 aromatic carbocycles. The molecule has 4 heteroatoms. The Morgan fingerprint density at radius 3 is 2.50 bits per heavy atom. The molecule has 2 aromatic rings. The third kappa shape index (κ3) is 4.90. The number of carbonyl (C=O) groups is 1. The van der Waals surface area contributed by atoms with Crippen molar-refractivity contribution in [2.75, 3.05) is 20.1 Å². The third-order valence-electron chi connectivity index (χ3n) is 3.29. The van der Waals surface area contributed by atoms with Crippen LogP contribution in [-0.4, -0.2) is 26.0 Å². The van der Waals surface area contributed by atoms with Gasteiger partial charge in [-0.2, -0.15) is 0 Å². The Hall–Kier alpha value is -2.33. The van der Waals surface area contributed by atoms with E-state index >= 15 is 0 Å². The highest BCUT2D eigenvalue weighted by Crippen LogP contribution is 2.14. The minimum Gasteiger partial charge on any atom is -0.489 e. The monoisotopic (exact) mass is 298 g/mol. The zero-order valence-corrected chi connectivity index (χ0v) is 12.8. The number of nitrogens with one attached hydrogen (secondary N) is 2. The molecule has 2 rings (SSSR count). The maximum absolute atomic E-state index is 12.3. The molecule has 0 aliphatic rings. The molecular formula is C18H22N2O2. The van der Waals surface area contributed by atoms with Gasteiger partial charge in [0.25, 0.3) is 5.91 Å². The molecule has 0 heterocycles. The van der Waals surface area contributed by atoms with Crippen molar-refractivity contribution in [1.29, 1.82) is 0 Å². The van der Waals surface area contributed by atoms with Crippen LogP contribution < -0.4 is 15.4 Å². The molecule has 116 valence electrons. The van der Waals surface area contributed by atoms with Gasteiger partial charge in [0.05, 0.1) is 0 Å². The molecule has 0 fully saturated rings. The number of ether oxygens (including phenoxy) is 1. The van der Waals surface area contributed by atoms with Crippen molar-refractivity contribution in [3.05, 3.63) is 65.7 Å². The fourth-order valence-electron chi connectivity index (χ4n) is 2.11. The molecule has 4 nitrogen and oxygen atoms in total. The van der Waals surface area contributed by atoms with Crippen molar-refractivity contribution in [3.8, 4) is 5.75 Å². The van der Waals surface area contributed by atoms with Crippen LogP contribution in [0.3, 0.4) is 0 Å². The van der Waals surface area contributed by atoms with Crippen LogP contribution in [0.4, 0.5) is 0 Å². The quantitative estimate of drug-likeness (QED) is 0.737. The van der Waals surface area contributed by atoms with Gasteiger partial charge in [-0.05, 0) is 38.2 Å². The molecule has 0 spiro atoms. The molecule has 2 N–H and O–H groups in total. The first-order valence-electron chi connectivity index (χ1n) is 7.50. The van der Waals surface area contributed by atoms with Gasteiger partial charge < -0.3 is 15.4 Å². The average Bonchev–Trinajstić information content (AvgIpc) is 2.58. The molecule has 0 saturated heterocycles. The van der Waals surface area contributed by atoms with E-state index in [0.717, 1.165) is 24.3 Å². The largest absolute Gasteiger partial charge is 0.489 e. The van der Waals surface area contributed by atoms with E-state index in [-0.39, 0.29) is 5.91 Å². The van der Waals surface area contributed by atoms with Crippen LogP contribution in [0, 0.1) is 0 Å². The highest BCUT2D eigenvalue weighted by molar-refractivity contribution is 5.95. The highest BCUT2D eigenvalue weighted by Gasteiger charge is 2.10. The van der Waals surface area contributed by atoms with Gasteiger partial charge in [0.1, 0.15) is 12.4 Å². The van der Waals surface area contributed by atoms with Crippen molar-refractivity contribution < 1.29 is 9.53 Å². The van der Waals surface area contributed by atoms with Crippen LogP contribution in [0.2, 0.25) is 0 Å².